The molecule has 0 bridgehead atoms. The fourth-order valence-corrected chi connectivity index (χ4v) is 3.48. The Bertz CT molecular complexity index is 1170. The zero-order valence-corrected chi connectivity index (χ0v) is 16.9. The predicted octanol–water partition coefficient (Wildman–Crippen LogP) is 2.90. The Morgan fingerprint density at radius 3 is 2.73 bits per heavy atom. The van der Waals surface area contributed by atoms with Gasteiger partial charge in [-0.3, -0.25) is 24.5 Å². The minimum absolute atomic E-state index is 0.00480. The first-order chi connectivity index (χ1) is 14.3. The maximum Gasteiger partial charge on any atom is 0.312 e. The highest BCUT2D eigenvalue weighted by Gasteiger charge is 2.31. The molecule has 30 heavy (non-hydrogen) atoms. The number of carbonyl (C=O) groups excluding carboxylic acids is 1. The molecule has 1 aliphatic heterocycles. The van der Waals surface area contributed by atoms with Crippen molar-refractivity contribution in [2.45, 2.75) is 26.9 Å². The van der Waals surface area contributed by atoms with E-state index in [1.165, 1.54) is 15.8 Å². The molecule has 0 unspecified atom stereocenters. The lowest BCUT2D eigenvalue weighted by atomic mass is 10.3. The highest BCUT2D eigenvalue weighted by atomic mass is 32.1. The summed E-state index contributed by atoms with van der Waals surface area (Å²) in [7, 11) is 0. The van der Waals surface area contributed by atoms with Crippen LogP contribution in [0.5, 0.6) is 0 Å². The monoisotopic (exact) mass is 427 g/mol. The average molecular weight is 427 g/mol. The van der Waals surface area contributed by atoms with Crippen LogP contribution in [0.3, 0.4) is 0 Å². The van der Waals surface area contributed by atoms with Gasteiger partial charge in [-0.1, -0.05) is 0 Å². The van der Waals surface area contributed by atoms with E-state index in [2.05, 4.69) is 10.4 Å². The number of hydrogen-bond acceptors (Lipinski definition) is 7. The van der Waals surface area contributed by atoms with Gasteiger partial charge in [0, 0.05) is 6.08 Å². The molecular weight excluding hydrogens is 410 g/mol. The highest BCUT2D eigenvalue weighted by molar-refractivity contribution is 7.80. The predicted molar refractivity (Wildman–Crippen MR) is 109 cm³/mol. The first-order valence-corrected chi connectivity index (χ1v) is 9.38. The van der Waals surface area contributed by atoms with Crippen LogP contribution in [0, 0.1) is 24.0 Å². The van der Waals surface area contributed by atoms with Gasteiger partial charge in [0.1, 0.15) is 34.4 Å². The molecule has 0 aliphatic carbocycles. The fraction of sp³-hybridized carbons (Fsp3) is 0.211. The summed E-state index contributed by atoms with van der Waals surface area (Å²) in [6.07, 6.45) is 3.09. The molecule has 10 nitrogen and oxygen atoms in total. The van der Waals surface area contributed by atoms with E-state index in [1.807, 2.05) is 0 Å². The van der Waals surface area contributed by atoms with Crippen molar-refractivity contribution < 1.29 is 18.6 Å². The lowest BCUT2D eigenvalue weighted by Gasteiger charge is -2.11. The Morgan fingerprint density at radius 2 is 2.07 bits per heavy atom. The third kappa shape index (κ3) is 3.62. The van der Waals surface area contributed by atoms with Gasteiger partial charge < -0.3 is 14.2 Å². The summed E-state index contributed by atoms with van der Waals surface area (Å²) in [5, 5.41) is 18.5. The van der Waals surface area contributed by atoms with Crippen LogP contribution in [0.15, 0.2) is 45.1 Å². The Morgan fingerprint density at radius 1 is 1.27 bits per heavy atom. The maximum atomic E-state index is 12.6. The molecule has 0 saturated carbocycles. The van der Waals surface area contributed by atoms with Crippen LogP contribution in [-0.2, 0) is 17.9 Å². The third-order valence-electron chi connectivity index (χ3n) is 4.66. The van der Waals surface area contributed by atoms with E-state index in [9.17, 15) is 14.9 Å². The Labute approximate surface area is 175 Å². The third-order valence-corrected chi connectivity index (χ3v) is 4.98. The number of nitro groups is 1. The number of hydrogen-bond donors (Lipinski definition) is 1. The van der Waals surface area contributed by atoms with E-state index in [0.29, 0.717) is 28.7 Å². The Kier molecular flexibility index (Phi) is 4.96. The topological polar surface area (TPSA) is 120 Å². The molecular formula is C19H17N5O5S. The van der Waals surface area contributed by atoms with Crippen LogP contribution in [0.25, 0.3) is 6.08 Å². The summed E-state index contributed by atoms with van der Waals surface area (Å²) < 4.78 is 12.5. The van der Waals surface area contributed by atoms with Crippen LogP contribution in [0.2, 0.25) is 0 Å². The number of furan rings is 2. The van der Waals surface area contributed by atoms with Gasteiger partial charge in [0.2, 0.25) is 0 Å². The standard InChI is InChI=1S/C19H17N5O5S/c1-11-17(24(26)27)12(2)23(21-11)10-15-6-5-13(29-15)8-16-18(25)22(19(30)20-16)9-14-4-3-7-28-14/h3-8H,9-10H2,1-2H3,(H,20,30)/b16-8+. The molecule has 0 atom stereocenters. The van der Waals surface area contributed by atoms with Crippen molar-refractivity contribution in [3.8, 4) is 0 Å². The van der Waals surface area contributed by atoms with Gasteiger partial charge in [-0.05, 0) is 50.3 Å². The molecule has 3 aromatic rings. The lowest BCUT2D eigenvalue weighted by Crippen LogP contribution is -2.29. The van der Waals surface area contributed by atoms with Gasteiger partial charge in [-0.15, -0.1) is 0 Å². The summed E-state index contributed by atoms with van der Waals surface area (Å²) >= 11 is 5.24. The van der Waals surface area contributed by atoms with Gasteiger partial charge in [-0.2, -0.15) is 5.10 Å². The number of aryl methyl sites for hydroxylation is 1. The summed E-state index contributed by atoms with van der Waals surface area (Å²) in [4.78, 5) is 24.7. The Balaban J connectivity index is 1.50. The van der Waals surface area contributed by atoms with E-state index in [-0.39, 0.29) is 35.5 Å². The van der Waals surface area contributed by atoms with E-state index in [0.717, 1.165) is 0 Å². The van der Waals surface area contributed by atoms with Crippen molar-refractivity contribution in [1.29, 1.82) is 0 Å². The molecule has 1 saturated heterocycles. The lowest BCUT2D eigenvalue weighted by molar-refractivity contribution is -0.386. The highest BCUT2D eigenvalue weighted by Crippen LogP contribution is 2.24. The van der Waals surface area contributed by atoms with Crippen molar-refractivity contribution in [2.75, 3.05) is 0 Å². The molecule has 1 aliphatic rings. The zero-order chi connectivity index (χ0) is 21.4. The first-order valence-electron chi connectivity index (χ1n) is 8.97. The van der Waals surface area contributed by atoms with Crippen LogP contribution in [-0.4, -0.2) is 30.6 Å². The van der Waals surface area contributed by atoms with Crippen LogP contribution < -0.4 is 5.32 Å². The van der Waals surface area contributed by atoms with Crippen molar-refractivity contribution in [2.24, 2.45) is 0 Å². The fourth-order valence-electron chi connectivity index (χ4n) is 3.23. The zero-order valence-electron chi connectivity index (χ0n) is 16.1. The van der Waals surface area contributed by atoms with Crippen molar-refractivity contribution in [3.63, 3.8) is 0 Å². The molecule has 1 amide bonds. The number of nitrogens with one attached hydrogen (secondary N) is 1. The quantitative estimate of drug-likeness (QED) is 0.276. The molecule has 154 valence electrons. The first kappa shape index (κ1) is 19.6. The minimum atomic E-state index is -0.444. The number of carbonyl (C=O) groups is 1. The normalized spacial score (nSPS) is 15.3. The number of aromatic nitrogens is 2. The largest absolute Gasteiger partial charge is 0.467 e. The average Bonchev–Trinajstić information content (AvgIpc) is 3.44. The second kappa shape index (κ2) is 7.59. The molecule has 4 rings (SSSR count). The molecule has 1 fully saturated rings. The molecule has 0 radical (unpaired) electrons. The molecule has 4 heterocycles. The van der Waals surface area contributed by atoms with Crippen molar-refractivity contribution >= 4 is 35.0 Å². The Hall–Kier alpha value is -3.73. The summed E-state index contributed by atoms with van der Waals surface area (Å²) in [5.74, 6) is 1.32. The summed E-state index contributed by atoms with van der Waals surface area (Å²) in [5.41, 5.74) is 1.07. The van der Waals surface area contributed by atoms with Crippen LogP contribution >= 0.6 is 12.2 Å². The number of thiocarbonyl (C=S) groups is 1. The van der Waals surface area contributed by atoms with Gasteiger partial charge in [0.05, 0.1) is 24.3 Å². The number of rotatable bonds is 6. The van der Waals surface area contributed by atoms with Gasteiger partial charge >= 0.3 is 5.69 Å². The second-order valence-corrected chi connectivity index (χ2v) is 7.08. The molecule has 0 aromatic carbocycles. The number of nitrogens with zero attached hydrogens (tertiary/aromatic N) is 4. The summed E-state index contributed by atoms with van der Waals surface area (Å²) in [6.45, 7) is 3.69. The molecule has 11 heteroatoms. The van der Waals surface area contributed by atoms with E-state index in [4.69, 9.17) is 21.1 Å². The van der Waals surface area contributed by atoms with E-state index >= 15 is 0 Å². The van der Waals surface area contributed by atoms with Crippen LogP contribution in [0.1, 0.15) is 28.7 Å². The number of amides is 1. The smallest absolute Gasteiger partial charge is 0.312 e. The molecule has 1 N–H and O–H groups in total. The molecule has 3 aromatic heterocycles. The van der Waals surface area contributed by atoms with E-state index in [1.54, 1.807) is 44.2 Å². The maximum absolute atomic E-state index is 12.6. The summed E-state index contributed by atoms with van der Waals surface area (Å²) in [6, 6.07) is 6.94. The van der Waals surface area contributed by atoms with Crippen LogP contribution in [0.4, 0.5) is 5.69 Å². The minimum Gasteiger partial charge on any atom is -0.467 e. The van der Waals surface area contributed by atoms with Crippen molar-refractivity contribution in [1.82, 2.24) is 20.0 Å². The van der Waals surface area contributed by atoms with Crippen molar-refractivity contribution in [3.05, 3.63) is 75.0 Å². The van der Waals surface area contributed by atoms with E-state index < -0.39 is 4.92 Å². The van der Waals surface area contributed by atoms with Gasteiger partial charge in [-0.25, -0.2) is 0 Å². The second-order valence-electron chi connectivity index (χ2n) is 6.70. The SMILES string of the molecule is Cc1nn(Cc2ccc(/C=C3/NC(=S)N(Cc4ccco4)C3=O)o2)c(C)c1[N+](=O)[O-]. The van der Waals surface area contributed by atoms with Gasteiger partial charge in [0.15, 0.2) is 5.11 Å². The molecule has 0 spiro atoms. The van der Waals surface area contributed by atoms with Gasteiger partial charge in [0.25, 0.3) is 5.91 Å².